The predicted octanol–water partition coefficient (Wildman–Crippen LogP) is 1.32. The lowest BCUT2D eigenvalue weighted by molar-refractivity contribution is 0.260. The summed E-state index contributed by atoms with van der Waals surface area (Å²) in [4.78, 5) is 24.0. The van der Waals surface area contributed by atoms with Crippen LogP contribution in [0.25, 0.3) is 11.2 Å². The van der Waals surface area contributed by atoms with Crippen molar-refractivity contribution in [3.8, 4) is 24.7 Å². The van der Waals surface area contributed by atoms with Gasteiger partial charge in [0.1, 0.15) is 5.52 Å². The molecule has 0 aliphatic carbocycles. The van der Waals surface area contributed by atoms with Gasteiger partial charge in [-0.25, -0.2) is 15.0 Å². The second-order valence-corrected chi connectivity index (χ2v) is 7.78. The lowest BCUT2D eigenvalue weighted by Gasteiger charge is -2.39. The Hall–Kier alpha value is -2.87. The first kappa shape index (κ1) is 20.4. The highest BCUT2D eigenvalue weighted by molar-refractivity contribution is 5.78. The van der Waals surface area contributed by atoms with Crippen LogP contribution in [0, 0.1) is 24.7 Å². The monoisotopic (exact) mass is 403 g/mol. The van der Waals surface area contributed by atoms with Crippen molar-refractivity contribution >= 4 is 22.8 Å². The van der Waals surface area contributed by atoms with E-state index in [0.717, 1.165) is 95.4 Å². The van der Waals surface area contributed by atoms with Gasteiger partial charge in [0.15, 0.2) is 17.3 Å². The first-order valence-electron chi connectivity index (χ1n) is 10.7. The molecule has 0 amide bonds. The molecule has 30 heavy (non-hydrogen) atoms. The predicted molar refractivity (Wildman–Crippen MR) is 122 cm³/mol. The molecule has 2 aromatic rings. The fourth-order valence-electron chi connectivity index (χ4n) is 4.11. The minimum atomic E-state index is 0.707. The van der Waals surface area contributed by atoms with Crippen molar-refractivity contribution in [1.29, 1.82) is 0 Å². The van der Waals surface area contributed by atoms with Crippen LogP contribution in [-0.2, 0) is 0 Å². The zero-order chi connectivity index (χ0) is 20.8. The molecule has 7 nitrogen and oxygen atoms in total. The van der Waals surface area contributed by atoms with E-state index in [9.17, 15) is 0 Å². The zero-order valence-corrected chi connectivity index (χ0v) is 17.5. The van der Waals surface area contributed by atoms with Gasteiger partial charge in [-0.1, -0.05) is 0 Å². The molecule has 2 fully saturated rings. The third-order valence-electron chi connectivity index (χ3n) is 5.89. The first-order chi connectivity index (χ1) is 14.8. The molecule has 0 bridgehead atoms. The molecule has 2 aromatic heterocycles. The summed E-state index contributed by atoms with van der Waals surface area (Å²) in [7, 11) is 0. The summed E-state index contributed by atoms with van der Waals surface area (Å²) in [6.07, 6.45) is 14.2. The highest BCUT2D eigenvalue weighted by Crippen LogP contribution is 2.29. The molecule has 2 aliphatic heterocycles. The molecule has 0 saturated carbocycles. The number of piperazine rings is 2. The van der Waals surface area contributed by atoms with Crippen molar-refractivity contribution in [2.24, 2.45) is 0 Å². The highest BCUT2D eigenvalue weighted by atomic mass is 15.3. The third-order valence-corrected chi connectivity index (χ3v) is 5.89. The second-order valence-electron chi connectivity index (χ2n) is 7.78. The van der Waals surface area contributed by atoms with Gasteiger partial charge in [-0.2, -0.15) is 0 Å². The van der Waals surface area contributed by atoms with E-state index in [4.69, 9.17) is 22.8 Å². The molecule has 0 aromatic carbocycles. The molecule has 0 unspecified atom stereocenters. The van der Waals surface area contributed by atoms with Crippen LogP contribution in [0.1, 0.15) is 12.8 Å². The van der Waals surface area contributed by atoms with Gasteiger partial charge in [-0.05, 0) is 12.1 Å². The van der Waals surface area contributed by atoms with Gasteiger partial charge in [0.25, 0.3) is 0 Å². The largest absolute Gasteiger partial charge is 0.351 e. The average Bonchev–Trinajstić information content (AvgIpc) is 2.81. The molecule has 0 radical (unpaired) electrons. The van der Waals surface area contributed by atoms with Crippen molar-refractivity contribution in [3.05, 3.63) is 18.3 Å². The summed E-state index contributed by atoms with van der Waals surface area (Å²) >= 11 is 0. The smallest absolute Gasteiger partial charge is 0.180 e. The zero-order valence-electron chi connectivity index (χ0n) is 17.5. The summed E-state index contributed by atoms with van der Waals surface area (Å²) < 4.78 is 0. The van der Waals surface area contributed by atoms with Gasteiger partial charge in [0.2, 0.25) is 0 Å². The Morgan fingerprint density at radius 1 is 0.767 bits per heavy atom. The van der Waals surface area contributed by atoms with Gasteiger partial charge < -0.3 is 9.80 Å². The molecule has 4 rings (SSSR count). The van der Waals surface area contributed by atoms with Crippen molar-refractivity contribution in [1.82, 2.24) is 24.8 Å². The van der Waals surface area contributed by atoms with Crippen molar-refractivity contribution in [3.63, 3.8) is 0 Å². The molecular formula is C23H29N7. The van der Waals surface area contributed by atoms with Crippen LogP contribution in [-0.4, -0.2) is 90.2 Å². The Kier molecular flexibility index (Phi) is 6.63. The molecule has 4 heterocycles. The van der Waals surface area contributed by atoms with Crippen LogP contribution in [0.2, 0.25) is 0 Å². The Balaban J connectivity index is 1.54. The van der Waals surface area contributed by atoms with E-state index in [1.807, 2.05) is 12.1 Å². The number of hydrogen-bond acceptors (Lipinski definition) is 7. The van der Waals surface area contributed by atoms with E-state index < -0.39 is 0 Å². The number of anilines is 2. The Morgan fingerprint density at radius 2 is 1.30 bits per heavy atom. The molecule has 7 heteroatoms. The minimum absolute atomic E-state index is 0.707. The van der Waals surface area contributed by atoms with Crippen molar-refractivity contribution in [2.75, 3.05) is 75.2 Å². The van der Waals surface area contributed by atoms with E-state index in [0.29, 0.717) is 5.65 Å². The molecule has 0 spiro atoms. The Labute approximate surface area is 179 Å². The quantitative estimate of drug-likeness (QED) is 0.674. The second kappa shape index (κ2) is 9.75. The summed E-state index contributed by atoms with van der Waals surface area (Å²) in [5.74, 6) is 7.41. The minimum Gasteiger partial charge on any atom is -0.351 e. The third kappa shape index (κ3) is 4.64. The van der Waals surface area contributed by atoms with Crippen LogP contribution in [0.3, 0.4) is 0 Å². The lowest BCUT2D eigenvalue weighted by atomic mass is 10.2. The number of fused-ring (bicyclic) bond motifs is 1. The molecule has 0 atom stereocenters. The summed E-state index contributed by atoms with van der Waals surface area (Å²) in [6, 6.07) is 3.91. The van der Waals surface area contributed by atoms with Gasteiger partial charge in [-0.3, -0.25) is 9.80 Å². The maximum absolute atomic E-state index is 5.43. The van der Waals surface area contributed by atoms with Crippen LogP contribution in [0.4, 0.5) is 11.6 Å². The van der Waals surface area contributed by atoms with Gasteiger partial charge in [0.05, 0.1) is 0 Å². The van der Waals surface area contributed by atoms with Gasteiger partial charge in [0, 0.05) is 84.5 Å². The molecule has 156 valence electrons. The normalized spacial score (nSPS) is 18.3. The summed E-state index contributed by atoms with van der Waals surface area (Å²) in [6.45, 7) is 9.60. The number of terminal acetylenes is 2. The Morgan fingerprint density at radius 3 is 1.83 bits per heavy atom. The van der Waals surface area contributed by atoms with E-state index in [1.54, 1.807) is 6.20 Å². The van der Waals surface area contributed by atoms with Crippen LogP contribution in [0.15, 0.2) is 18.3 Å². The fourth-order valence-corrected chi connectivity index (χ4v) is 4.11. The number of aromatic nitrogens is 3. The summed E-state index contributed by atoms with van der Waals surface area (Å²) in [5, 5.41) is 0. The van der Waals surface area contributed by atoms with E-state index in [1.165, 1.54) is 0 Å². The van der Waals surface area contributed by atoms with Crippen molar-refractivity contribution in [2.45, 2.75) is 12.8 Å². The number of nitrogens with zero attached hydrogens (tertiary/aromatic N) is 7. The van der Waals surface area contributed by atoms with E-state index in [-0.39, 0.29) is 0 Å². The Bertz CT molecular complexity index is 852. The lowest BCUT2D eigenvalue weighted by Crippen LogP contribution is -2.49. The number of pyridine rings is 1. The van der Waals surface area contributed by atoms with Crippen molar-refractivity contribution < 1.29 is 0 Å². The SMILES string of the molecule is C#CCCN1CCN(c2nc3cccnc3nc2N2CCN(CCC#C)CC2)CC1. The van der Waals surface area contributed by atoms with E-state index in [2.05, 4.69) is 36.4 Å². The molecular weight excluding hydrogens is 374 g/mol. The highest BCUT2D eigenvalue weighted by Gasteiger charge is 2.26. The molecule has 2 aliphatic rings. The van der Waals surface area contributed by atoms with Crippen LogP contribution < -0.4 is 9.80 Å². The molecule has 0 N–H and O–H groups in total. The number of hydrogen-bond donors (Lipinski definition) is 0. The summed E-state index contributed by atoms with van der Waals surface area (Å²) in [5.41, 5.74) is 1.55. The average molecular weight is 404 g/mol. The van der Waals surface area contributed by atoms with Crippen LogP contribution in [0.5, 0.6) is 0 Å². The standard InChI is InChI=1S/C23H29N7/c1-3-5-10-27-12-16-29(17-13-27)22-23(26-21-20(25-22)8-7-9-24-21)30-18-14-28(15-19-30)11-6-4-2/h1-2,7-9H,5-6,10-19H2. The van der Waals surface area contributed by atoms with Crippen LogP contribution >= 0.6 is 0 Å². The van der Waals surface area contributed by atoms with Gasteiger partial charge >= 0.3 is 0 Å². The molecule has 2 saturated heterocycles. The fraction of sp³-hybridized carbons (Fsp3) is 0.522. The maximum atomic E-state index is 5.43. The first-order valence-corrected chi connectivity index (χ1v) is 10.7. The topological polar surface area (TPSA) is 51.6 Å². The van der Waals surface area contributed by atoms with E-state index >= 15 is 0 Å². The van der Waals surface area contributed by atoms with Gasteiger partial charge in [-0.15, -0.1) is 24.7 Å². The number of rotatable bonds is 6. The maximum Gasteiger partial charge on any atom is 0.180 e.